The molecule has 0 saturated heterocycles. The maximum atomic E-state index is 11.5. The fourth-order valence-corrected chi connectivity index (χ4v) is 0.546. The van der Waals surface area contributed by atoms with Crippen LogP contribution in [0.5, 0.6) is 0 Å². The third-order valence-electron chi connectivity index (χ3n) is 1.09. The number of nitrogens with one attached hydrogen (secondary N) is 1. The second kappa shape index (κ2) is 5.78. The van der Waals surface area contributed by atoms with Gasteiger partial charge in [-0.3, -0.25) is 9.63 Å². The first-order valence-corrected chi connectivity index (χ1v) is 3.52. The number of halogens is 3. The molecule has 0 bridgehead atoms. The summed E-state index contributed by atoms with van der Waals surface area (Å²) in [5.41, 5.74) is 1.73. The predicted octanol–water partition coefficient (Wildman–Crippen LogP) is 0.170. The van der Waals surface area contributed by atoms with Gasteiger partial charge in [0.1, 0.15) is 0 Å². The molecule has 1 atom stereocenters. The third-order valence-corrected chi connectivity index (χ3v) is 1.09. The lowest BCUT2D eigenvalue weighted by atomic mass is 10.3. The van der Waals surface area contributed by atoms with Crippen molar-refractivity contribution in [2.45, 2.75) is 12.2 Å². The second-order valence-corrected chi connectivity index (χ2v) is 2.37. The molecule has 0 heterocycles. The summed E-state index contributed by atoms with van der Waals surface area (Å²) in [6.07, 6.45) is -4.50. The first-order valence-electron chi connectivity index (χ1n) is 3.52. The topological polar surface area (TPSA) is 67.8 Å². The Bertz CT molecular complexity index is 184. The zero-order valence-electron chi connectivity index (χ0n) is 7.30. The van der Waals surface area contributed by atoms with Crippen molar-refractivity contribution in [3.8, 4) is 0 Å². The number of carboxylic acids is 1. The van der Waals surface area contributed by atoms with Crippen LogP contribution in [0.1, 0.15) is 0 Å². The van der Waals surface area contributed by atoms with Gasteiger partial charge in [-0.15, -0.1) is 0 Å². The zero-order valence-corrected chi connectivity index (χ0v) is 7.30. The smallest absolute Gasteiger partial charge is 0.413 e. The largest absolute Gasteiger partial charge is 0.480 e. The monoisotopic (exact) mass is 217 g/mol. The molecule has 2 N–H and O–H groups in total. The minimum Gasteiger partial charge on any atom is -0.480 e. The predicted molar refractivity (Wildman–Crippen MR) is 38.4 cm³/mol. The zero-order chi connectivity index (χ0) is 11.2. The number of hydroxylamine groups is 1. The quantitative estimate of drug-likeness (QED) is 0.621. The fourth-order valence-electron chi connectivity index (χ4n) is 0.546. The van der Waals surface area contributed by atoms with Gasteiger partial charge < -0.3 is 9.84 Å². The summed E-state index contributed by atoms with van der Waals surface area (Å²) in [6, 6.07) is -1.32. The molecular weight excluding hydrogens is 207 g/mol. The highest BCUT2D eigenvalue weighted by molar-refractivity contribution is 5.73. The van der Waals surface area contributed by atoms with Crippen molar-refractivity contribution in [1.82, 2.24) is 5.48 Å². The molecule has 0 aliphatic heterocycles. The molecule has 0 aliphatic rings. The van der Waals surface area contributed by atoms with Crippen LogP contribution < -0.4 is 5.48 Å². The van der Waals surface area contributed by atoms with Crippen molar-refractivity contribution < 1.29 is 32.6 Å². The summed E-state index contributed by atoms with van der Waals surface area (Å²) in [5, 5.41) is 8.43. The number of carbonyl (C=O) groups is 1. The molecule has 0 aliphatic carbocycles. The number of hydrogen-bond donors (Lipinski definition) is 2. The molecule has 84 valence electrons. The van der Waals surface area contributed by atoms with Crippen molar-refractivity contribution in [3.05, 3.63) is 0 Å². The van der Waals surface area contributed by atoms with Crippen LogP contribution in [0.3, 0.4) is 0 Å². The van der Waals surface area contributed by atoms with Gasteiger partial charge in [0, 0.05) is 7.11 Å². The van der Waals surface area contributed by atoms with Crippen LogP contribution in [0.2, 0.25) is 0 Å². The summed E-state index contributed by atoms with van der Waals surface area (Å²) < 4.78 is 39.1. The molecule has 0 radical (unpaired) electrons. The van der Waals surface area contributed by atoms with Crippen molar-refractivity contribution in [3.63, 3.8) is 0 Å². The van der Waals surface area contributed by atoms with Gasteiger partial charge in [0.05, 0.1) is 6.61 Å². The highest BCUT2D eigenvalue weighted by atomic mass is 19.4. The molecule has 0 saturated carbocycles. The SMILES string of the molecule is COCC(NOCC(F)(F)F)C(=O)O. The number of alkyl halides is 3. The van der Waals surface area contributed by atoms with Gasteiger partial charge in [0.15, 0.2) is 12.6 Å². The number of carboxylic acid groups (broad SMARTS) is 1. The average Bonchev–Trinajstić information content (AvgIpc) is 2.00. The number of methoxy groups -OCH3 is 1. The van der Waals surface area contributed by atoms with Gasteiger partial charge in [-0.1, -0.05) is 0 Å². The minimum atomic E-state index is -4.50. The molecule has 1 unspecified atom stereocenters. The Hall–Kier alpha value is -0.860. The van der Waals surface area contributed by atoms with E-state index in [9.17, 15) is 18.0 Å². The van der Waals surface area contributed by atoms with Crippen LogP contribution in [-0.2, 0) is 14.4 Å². The van der Waals surface area contributed by atoms with E-state index in [0.29, 0.717) is 0 Å². The van der Waals surface area contributed by atoms with E-state index in [-0.39, 0.29) is 6.61 Å². The lowest BCUT2D eigenvalue weighted by Crippen LogP contribution is -2.41. The Kier molecular flexibility index (Phi) is 5.43. The molecule has 0 rings (SSSR count). The van der Waals surface area contributed by atoms with Crippen LogP contribution in [0.4, 0.5) is 13.2 Å². The normalized spacial score (nSPS) is 14.0. The molecule has 0 fully saturated rings. The number of ether oxygens (including phenoxy) is 1. The Morgan fingerprint density at radius 1 is 1.57 bits per heavy atom. The number of aliphatic carboxylic acids is 1. The van der Waals surface area contributed by atoms with Crippen LogP contribution in [0, 0.1) is 0 Å². The first-order chi connectivity index (χ1) is 6.37. The Morgan fingerprint density at radius 3 is 2.50 bits per heavy atom. The fraction of sp³-hybridized carbons (Fsp3) is 0.833. The summed E-state index contributed by atoms with van der Waals surface area (Å²) in [5.74, 6) is -1.35. The number of hydrogen-bond acceptors (Lipinski definition) is 4. The van der Waals surface area contributed by atoms with Gasteiger partial charge in [0.2, 0.25) is 0 Å². The summed E-state index contributed by atoms with van der Waals surface area (Å²) >= 11 is 0. The molecule has 5 nitrogen and oxygen atoms in total. The average molecular weight is 217 g/mol. The molecule has 8 heteroatoms. The van der Waals surface area contributed by atoms with Crippen LogP contribution in [-0.4, -0.2) is 43.6 Å². The van der Waals surface area contributed by atoms with Crippen LogP contribution in [0.25, 0.3) is 0 Å². The Morgan fingerprint density at radius 2 is 2.14 bits per heavy atom. The van der Waals surface area contributed by atoms with Crippen molar-refractivity contribution in [2.75, 3.05) is 20.3 Å². The lowest BCUT2D eigenvalue weighted by molar-refractivity contribution is -0.197. The van der Waals surface area contributed by atoms with Crippen molar-refractivity contribution in [1.29, 1.82) is 0 Å². The van der Waals surface area contributed by atoms with E-state index < -0.39 is 24.8 Å². The van der Waals surface area contributed by atoms with Gasteiger partial charge in [-0.05, 0) is 0 Å². The van der Waals surface area contributed by atoms with E-state index in [1.165, 1.54) is 7.11 Å². The maximum absolute atomic E-state index is 11.5. The van der Waals surface area contributed by atoms with E-state index in [2.05, 4.69) is 9.57 Å². The van der Waals surface area contributed by atoms with E-state index in [1.807, 2.05) is 0 Å². The van der Waals surface area contributed by atoms with E-state index in [0.717, 1.165) is 0 Å². The third kappa shape index (κ3) is 6.63. The maximum Gasteiger partial charge on any atom is 0.413 e. The van der Waals surface area contributed by atoms with Crippen molar-refractivity contribution >= 4 is 5.97 Å². The molecule has 0 aromatic rings. The Balaban J connectivity index is 3.77. The van der Waals surface area contributed by atoms with E-state index in [4.69, 9.17) is 5.11 Å². The van der Waals surface area contributed by atoms with E-state index in [1.54, 1.807) is 5.48 Å². The summed E-state index contributed by atoms with van der Waals surface area (Å²) in [4.78, 5) is 14.3. The van der Waals surface area contributed by atoms with Gasteiger partial charge in [0.25, 0.3) is 0 Å². The summed E-state index contributed by atoms with van der Waals surface area (Å²) in [7, 11) is 1.22. The van der Waals surface area contributed by atoms with Crippen LogP contribution >= 0.6 is 0 Å². The minimum absolute atomic E-state index is 0.285. The molecule has 0 aromatic carbocycles. The number of rotatable bonds is 6. The second-order valence-electron chi connectivity index (χ2n) is 2.37. The summed E-state index contributed by atoms with van der Waals surface area (Å²) in [6.45, 7) is -1.84. The van der Waals surface area contributed by atoms with Crippen LogP contribution in [0.15, 0.2) is 0 Å². The van der Waals surface area contributed by atoms with Gasteiger partial charge >= 0.3 is 12.1 Å². The lowest BCUT2D eigenvalue weighted by Gasteiger charge is -2.14. The van der Waals surface area contributed by atoms with Gasteiger partial charge in [-0.2, -0.15) is 18.7 Å². The molecule has 0 spiro atoms. The van der Waals surface area contributed by atoms with Crippen molar-refractivity contribution in [2.24, 2.45) is 0 Å². The highest BCUT2D eigenvalue weighted by Crippen LogP contribution is 2.13. The van der Waals surface area contributed by atoms with E-state index >= 15 is 0 Å². The Labute approximate surface area is 77.7 Å². The molecule has 0 amide bonds. The standard InChI is InChI=1S/C6H10F3NO4/c1-13-2-4(5(11)12)10-14-3-6(7,8)9/h4,10H,2-3H2,1H3,(H,11,12). The highest BCUT2D eigenvalue weighted by Gasteiger charge is 2.29. The first kappa shape index (κ1) is 13.1. The molecular formula is C6H10F3NO4. The molecule has 14 heavy (non-hydrogen) atoms. The van der Waals surface area contributed by atoms with Gasteiger partial charge in [-0.25, -0.2) is 0 Å². The molecule has 0 aromatic heterocycles.